The Kier molecular flexibility index (Phi) is 7.06. The number of morpholine rings is 1. The van der Waals surface area contributed by atoms with E-state index < -0.39 is 6.04 Å². The molecule has 0 spiro atoms. The van der Waals surface area contributed by atoms with Crippen molar-refractivity contribution in [3.05, 3.63) is 53.2 Å². The fraction of sp³-hybridized carbons (Fsp3) is 0.381. The molecule has 1 aliphatic heterocycles. The van der Waals surface area contributed by atoms with Gasteiger partial charge in [0.05, 0.1) is 35.7 Å². The SMILES string of the molecule is CC(C)C(NC(=O)c1ccccc1Cl)C(=O)Nc1ccc(N2CCOCC2)cn1. The summed E-state index contributed by atoms with van der Waals surface area (Å²) in [5.74, 6) is -0.397. The fourth-order valence-corrected chi connectivity index (χ4v) is 3.29. The van der Waals surface area contributed by atoms with Crippen LogP contribution in [-0.2, 0) is 9.53 Å². The van der Waals surface area contributed by atoms with Crippen LogP contribution in [0, 0.1) is 5.92 Å². The Balaban J connectivity index is 1.65. The Morgan fingerprint density at radius 1 is 1.14 bits per heavy atom. The third kappa shape index (κ3) is 5.46. The second-order valence-electron chi connectivity index (χ2n) is 7.17. The first-order chi connectivity index (χ1) is 14.0. The summed E-state index contributed by atoms with van der Waals surface area (Å²) in [5, 5.41) is 5.90. The van der Waals surface area contributed by atoms with Gasteiger partial charge in [0.25, 0.3) is 5.91 Å². The van der Waals surface area contributed by atoms with E-state index in [1.165, 1.54) is 0 Å². The normalized spacial score (nSPS) is 15.1. The molecule has 8 heteroatoms. The number of ether oxygens (including phenoxy) is 1. The van der Waals surface area contributed by atoms with Crippen molar-refractivity contribution < 1.29 is 14.3 Å². The van der Waals surface area contributed by atoms with Gasteiger partial charge in [0, 0.05) is 13.1 Å². The number of hydrogen-bond acceptors (Lipinski definition) is 5. The van der Waals surface area contributed by atoms with Gasteiger partial charge in [0.15, 0.2) is 0 Å². The van der Waals surface area contributed by atoms with Gasteiger partial charge in [-0.3, -0.25) is 9.59 Å². The van der Waals surface area contributed by atoms with Crippen molar-refractivity contribution in [3.63, 3.8) is 0 Å². The van der Waals surface area contributed by atoms with Crippen molar-refractivity contribution in [1.29, 1.82) is 0 Å². The summed E-state index contributed by atoms with van der Waals surface area (Å²) in [7, 11) is 0. The molecule has 1 atom stereocenters. The average Bonchev–Trinajstić information content (AvgIpc) is 2.73. The zero-order chi connectivity index (χ0) is 20.8. The van der Waals surface area contributed by atoms with Gasteiger partial charge >= 0.3 is 0 Å². The lowest BCUT2D eigenvalue weighted by molar-refractivity contribution is -0.118. The highest BCUT2D eigenvalue weighted by Crippen LogP contribution is 2.18. The molecule has 3 rings (SSSR count). The number of carbonyl (C=O) groups is 2. The summed E-state index contributed by atoms with van der Waals surface area (Å²) >= 11 is 6.09. The average molecular weight is 417 g/mol. The first-order valence-corrected chi connectivity index (χ1v) is 9.98. The lowest BCUT2D eigenvalue weighted by atomic mass is 10.0. The summed E-state index contributed by atoms with van der Waals surface area (Å²) in [6, 6.07) is 9.69. The molecule has 1 aromatic heterocycles. The Morgan fingerprint density at radius 2 is 1.86 bits per heavy atom. The molecule has 2 amide bonds. The van der Waals surface area contributed by atoms with Gasteiger partial charge < -0.3 is 20.3 Å². The van der Waals surface area contributed by atoms with E-state index in [4.69, 9.17) is 16.3 Å². The molecule has 0 aliphatic carbocycles. The van der Waals surface area contributed by atoms with Crippen molar-refractivity contribution in [1.82, 2.24) is 10.3 Å². The molecule has 1 aliphatic rings. The molecule has 0 bridgehead atoms. The molecular formula is C21H25ClN4O3. The monoisotopic (exact) mass is 416 g/mol. The largest absolute Gasteiger partial charge is 0.378 e. The molecule has 154 valence electrons. The third-order valence-electron chi connectivity index (χ3n) is 4.73. The van der Waals surface area contributed by atoms with Crippen LogP contribution in [-0.4, -0.2) is 49.1 Å². The van der Waals surface area contributed by atoms with Crippen LogP contribution in [0.3, 0.4) is 0 Å². The number of rotatable bonds is 6. The molecule has 1 saturated heterocycles. The number of nitrogens with one attached hydrogen (secondary N) is 2. The Hall–Kier alpha value is -2.64. The molecule has 1 unspecified atom stereocenters. The minimum Gasteiger partial charge on any atom is -0.378 e. The topological polar surface area (TPSA) is 83.6 Å². The van der Waals surface area contributed by atoms with Crippen LogP contribution in [0.1, 0.15) is 24.2 Å². The summed E-state index contributed by atoms with van der Waals surface area (Å²) in [4.78, 5) is 31.8. The maximum Gasteiger partial charge on any atom is 0.253 e. The van der Waals surface area contributed by atoms with Crippen molar-refractivity contribution in [2.45, 2.75) is 19.9 Å². The van der Waals surface area contributed by atoms with Crippen LogP contribution >= 0.6 is 11.6 Å². The highest BCUT2D eigenvalue weighted by Gasteiger charge is 2.26. The number of carbonyl (C=O) groups excluding carboxylic acids is 2. The van der Waals surface area contributed by atoms with E-state index in [-0.39, 0.29) is 17.7 Å². The van der Waals surface area contributed by atoms with E-state index in [0.29, 0.717) is 29.6 Å². The zero-order valence-corrected chi connectivity index (χ0v) is 17.3. The van der Waals surface area contributed by atoms with Crippen LogP contribution in [0.4, 0.5) is 11.5 Å². The maximum atomic E-state index is 12.8. The lowest BCUT2D eigenvalue weighted by Gasteiger charge is -2.28. The smallest absolute Gasteiger partial charge is 0.253 e. The van der Waals surface area contributed by atoms with Gasteiger partial charge in [-0.25, -0.2) is 4.98 Å². The fourth-order valence-electron chi connectivity index (χ4n) is 3.07. The van der Waals surface area contributed by atoms with E-state index in [9.17, 15) is 9.59 Å². The second kappa shape index (κ2) is 9.71. The van der Waals surface area contributed by atoms with Crippen molar-refractivity contribution in [3.8, 4) is 0 Å². The van der Waals surface area contributed by atoms with Crippen molar-refractivity contribution >= 4 is 34.9 Å². The predicted octanol–water partition coefficient (Wildman–Crippen LogP) is 2.96. The van der Waals surface area contributed by atoms with Gasteiger partial charge in [-0.1, -0.05) is 37.6 Å². The van der Waals surface area contributed by atoms with E-state index in [1.807, 2.05) is 19.9 Å². The van der Waals surface area contributed by atoms with E-state index in [0.717, 1.165) is 18.8 Å². The number of anilines is 2. The van der Waals surface area contributed by atoms with Gasteiger partial charge in [-0.2, -0.15) is 0 Å². The standard InChI is InChI=1S/C21H25ClN4O3/c1-14(2)19(25-20(27)16-5-3-4-6-17(16)22)21(28)24-18-8-7-15(13-23-18)26-9-11-29-12-10-26/h3-8,13-14,19H,9-12H2,1-2H3,(H,25,27)(H,23,24,28). The Morgan fingerprint density at radius 3 is 2.48 bits per heavy atom. The molecule has 7 nitrogen and oxygen atoms in total. The highest BCUT2D eigenvalue weighted by molar-refractivity contribution is 6.33. The summed E-state index contributed by atoms with van der Waals surface area (Å²) in [6.07, 6.45) is 1.73. The summed E-state index contributed by atoms with van der Waals surface area (Å²) in [6.45, 7) is 6.76. The molecule has 2 heterocycles. The second-order valence-corrected chi connectivity index (χ2v) is 7.57. The van der Waals surface area contributed by atoms with Crippen LogP contribution < -0.4 is 15.5 Å². The molecular weight excluding hydrogens is 392 g/mol. The third-order valence-corrected chi connectivity index (χ3v) is 5.06. The molecule has 1 fully saturated rings. The number of pyridine rings is 1. The molecule has 29 heavy (non-hydrogen) atoms. The Bertz CT molecular complexity index is 851. The number of hydrogen-bond donors (Lipinski definition) is 2. The predicted molar refractivity (Wildman–Crippen MR) is 113 cm³/mol. The summed E-state index contributed by atoms with van der Waals surface area (Å²) in [5.41, 5.74) is 1.32. The van der Waals surface area contributed by atoms with E-state index in [2.05, 4.69) is 20.5 Å². The maximum absolute atomic E-state index is 12.8. The Labute approximate surface area is 175 Å². The summed E-state index contributed by atoms with van der Waals surface area (Å²) < 4.78 is 5.36. The molecule has 0 radical (unpaired) electrons. The molecule has 1 aromatic carbocycles. The van der Waals surface area contributed by atoms with Gasteiger partial charge in [0.1, 0.15) is 11.9 Å². The molecule has 2 N–H and O–H groups in total. The van der Waals surface area contributed by atoms with Crippen LogP contribution in [0.25, 0.3) is 0 Å². The van der Waals surface area contributed by atoms with Crippen LogP contribution in [0.2, 0.25) is 5.02 Å². The van der Waals surface area contributed by atoms with Gasteiger partial charge in [-0.05, 0) is 30.2 Å². The lowest BCUT2D eigenvalue weighted by Crippen LogP contribution is -2.47. The van der Waals surface area contributed by atoms with Gasteiger partial charge in [-0.15, -0.1) is 0 Å². The van der Waals surface area contributed by atoms with Crippen LogP contribution in [0.5, 0.6) is 0 Å². The quantitative estimate of drug-likeness (QED) is 0.756. The minimum absolute atomic E-state index is 0.117. The zero-order valence-electron chi connectivity index (χ0n) is 16.5. The van der Waals surface area contributed by atoms with Crippen molar-refractivity contribution in [2.75, 3.05) is 36.5 Å². The van der Waals surface area contributed by atoms with Crippen LogP contribution in [0.15, 0.2) is 42.6 Å². The number of benzene rings is 1. The minimum atomic E-state index is -0.723. The number of aromatic nitrogens is 1. The highest BCUT2D eigenvalue weighted by atomic mass is 35.5. The van der Waals surface area contributed by atoms with E-state index >= 15 is 0 Å². The van der Waals surface area contributed by atoms with Gasteiger partial charge in [0.2, 0.25) is 5.91 Å². The molecule has 0 saturated carbocycles. The van der Waals surface area contributed by atoms with Crippen molar-refractivity contribution in [2.24, 2.45) is 5.92 Å². The first-order valence-electron chi connectivity index (χ1n) is 9.60. The molecule has 2 aromatic rings. The first kappa shape index (κ1) is 21.1. The number of amides is 2. The number of nitrogens with zero attached hydrogens (tertiary/aromatic N) is 2. The number of halogens is 1. The van der Waals surface area contributed by atoms with E-state index in [1.54, 1.807) is 36.5 Å².